The predicted molar refractivity (Wildman–Crippen MR) is 63.5 cm³/mol. The highest BCUT2D eigenvalue weighted by Crippen LogP contribution is 2.24. The molecule has 2 aromatic rings. The quantitative estimate of drug-likeness (QED) is 0.777. The Bertz CT molecular complexity index is 480. The van der Waals surface area contributed by atoms with Crippen molar-refractivity contribution in [2.75, 3.05) is 0 Å². The van der Waals surface area contributed by atoms with Gasteiger partial charge in [0.15, 0.2) is 0 Å². The Morgan fingerprint density at radius 1 is 0.824 bits per heavy atom. The summed E-state index contributed by atoms with van der Waals surface area (Å²) in [5.41, 5.74) is 1.89. The van der Waals surface area contributed by atoms with Crippen LogP contribution in [0.1, 0.15) is 0 Å². The van der Waals surface area contributed by atoms with Crippen LogP contribution in [0.4, 0.5) is 8.78 Å². The molecule has 88 valence electrons. The van der Waals surface area contributed by atoms with Crippen LogP contribution in [0.15, 0.2) is 48.5 Å². The monoisotopic (exact) mass is 254 g/mol. The third kappa shape index (κ3) is 3.17. The lowest BCUT2D eigenvalue weighted by molar-refractivity contribution is -0.0498. The number of halogens is 3. The molecule has 0 unspecified atom stereocenters. The molecule has 0 aliphatic rings. The zero-order chi connectivity index (χ0) is 12.3. The highest BCUT2D eigenvalue weighted by Gasteiger charge is 2.04. The minimum atomic E-state index is -2.80. The molecule has 17 heavy (non-hydrogen) atoms. The molecule has 0 atom stereocenters. The zero-order valence-corrected chi connectivity index (χ0v) is 9.49. The van der Waals surface area contributed by atoms with Gasteiger partial charge in [0.1, 0.15) is 5.75 Å². The van der Waals surface area contributed by atoms with Gasteiger partial charge < -0.3 is 4.74 Å². The molecule has 0 heterocycles. The standard InChI is InChI=1S/C13H9ClF2O/c14-11-5-1-9(2-6-11)10-3-7-12(8-4-10)17-13(15)16/h1-8,13H. The van der Waals surface area contributed by atoms with Gasteiger partial charge in [0.05, 0.1) is 0 Å². The van der Waals surface area contributed by atoms with Gasteiger partial charge in [-0.05, 0) is 35.4 Å². The van der Waals surface area contributed by atoms with Crippen LogP contribution >= 0.6 is 11.6 Å². The van der Waals surface area contributed by atoms with Crippen LogP contribution in [-0.4, -0.2) is 6.61 Å². The first-order valence-electron chi connectivity index (χ1n) is 4.96. The molecule has 4 heteroatoms. The fourth-order valence-corrected chi connectivity index (χ4v) is 1.60. The van der Waals surface area contributed by atoms with E-state index in [4.69, 9.17) is 11.6 Å². The number of benzene rings is 2. The van der Waals surface area contributed by atoms with Gasteiger partial charge in [0.25, 0.3) is 0 Å². The third-order valence-corrected chi connectivity index (χ3v) is 2.51. The largest absolute Gasteiger partial charge is 0.435 e. The second kappa shape index (κ2) is 5.15. The summed E-state index contributed by atoms with van der Waals surface area (Å²) in [5.74, 6) is 0.151. The summed E-state index contributed by atoms with van der Waals surface area (Å²) >= 11 is 5.78. The van der Waals surface area contributed by atoms with E-state index in [1.54, 1.807) is 24.3 Å². The summed E-state index contributed by atoms with van der Waals surface area (Å²) in [6.45, 7) is -2.80. The number of hydrogen-bond donors (Lipinski definition) is 0. The lowest BCUT2D eigenvalue weighted by Gasteiger charge is -2.06. The molecule has 0 aliphatic heterocycles. The Labute approximate surface area is 103 Å². The van der Waals surface area contributed by atoms with Crippen molar-refractivity contribution in [1.29, 1.82) is 0 Å². The molecular weight excluding hydrogens is 246 g/mol. The van der Waals surface area contributed by atoms with E-state index in [2.05, 4.69) is 4.74 Å². The van der Waals surface area contributed by atoms with E-state index in [-0.39, 0.29) is 5.75 Å². The van der Waals surface area contributed by atoms with Crippen LogP contribution < -0.4 is 4.74 Å². The van der Waals surface area contributed by atoms with Crippen molar-refractivity contribution in [2.45, 2.75) is 6.61 Å². The molecule has 0 saturated heterocycles. The lowest BCUT2D eigenvalue weighted by Crippen LogP contribution is -2.01. The molecule has 0 bridgehead atoms. The Morgan fingerprint density at radius 2 is 1.29 bits per heavy atom. The van der Waals surface area contributed by atoms with Crippen molar-refractivity contribution < 1.29 is 13.5 Å². The van der Waals surface area contributed by atoms with E-state index in [1.807, 2.05) is 12.1 Å². The van der Waals surface area contributed by atoms with E-state index >= 15 is 0 Å². The maximum absolute atomic E-state index is 12.0. The maximum Gasteiger partial charge on any atom is 0.387 e. The highest BCUT2D eigenvalue weighted by molar-refractivity contribution is 6.30. The number of hydrogen-bond acceptors (Lipinski definition) is 1. The Morgan fingerprint density at radius 3 is 1.76 bits per heavy atom. The van der Waals surface area contributed by atoms with E-state index < -0.39 is 6.61 Å². The fourth-order valence-electron chi connectivity index (χ4n) is 1.47. The van der Waals surface area contributed by atoms with Gasteiger partial charge >= 0.3 is 6.61 Å². The van der Waals surface area contributed by atoms with E-state index in [9.17, 15) is 8.78 Å². The summed E-state index contributed by atoms with van der Waals surface area (Å²) in [6.07, 6.45) is 0. The summed E-state index contributed by atoms with van der Waals surface area (Å²) in [4.78, 5) is 0. The first kappa shape index (κ1) is 11.9. The van der Waals surface area contributed by atoms with Gasteiger partial charge in [-0.15, -0.1) is 0 Å². The Balaban J connectivity index is 2.20. The van der Waals surface area contributed by atoms with Crippen LogP contribution in [0, 0.1) is 0 Å². The van der Waals surface area contributed by atoms with Gasteiger partial charge in [-0.1, -0.05) is 35.9 Å². The summed E-state index contributed by atoms with van der Waals surface area (Å²) in [7, 11) is 0. The van der Waals surface area contributed by atoms with Gasteiger partial charge in [-0.2, -0.15) is 8.78 Å². The van der Waals surface area contributed by atoms with Gasteiger partial charge in [-0.3, -0.25) is 0 Å². The second-order valence-corrected chi connectivity index (χ2v) is 3.85. The van der Waals surface area contributed by atoms with Crippen molar-refractivity contribution >= 4 is 11.6 Å². The summed E-state index contributed by atoms with van der Waals surface area (Å²) < 4.78 is 28.2. The molecule has 0 aliphatic carbocycles. The molecule has 0 aromatic heterocycles. The first-order valence-corrected chi connectivity index (χ1v) is 5.34. The van der Waals surface area contributed by atoms with Crippen LogP contribution in [-0.2, 0) is 0 Å². The molecule has 0 N–H and O–H groups in total. The topological polar surface area (TPSA) is 9.23 Å². The fraction of sp³-hybridized carbons (Fsp3) is 0.0769. The number of alkyl halides is 2. The number of ether oxygens (including phenoxy) is 1. The normalized spacial score (nSPS) is 10.6. The van der Waals surface area contributed by atoms with E-state index in [0.29, 0.717) is 5.02 Å². The lowest BCUT2D eigenvalue weighted by atomic mass is 10.1. The van der Waals surface area contributed by atoms with Crippen LogP contribution in [0.5, 0.6) is 5.75 Å². The second-order valence-electron chi connectivity index (χ2n) is 3.41. The van der Waals surface area contributed by atoms with Crippen molar-refractivity contribution in [1.82, 2.24) is 0 Å². The minimum Gasteiger partial charge on any atom is -0.435 e. The van der Waals surface area contributed by atoms with Crippen molar-refractivity contribution in [3.63, 3.8) is 0 Å². The smallest absolute Gasteiger partial charge is 0.387 e. The molecule has 0 fully saturated rings. The Kier molecular flexibility index (Phi) is 3.59. The first-order chi connectivity index (χ1) is 8.15. The molecule has 0 amide bonds. The molecular formula is C13H9ClF2O. The van der Waals surface area contributed by atoms with Gasteiger partial charge in [0, 0.05) is 5.02 Å². The van der Waals surface area contributed by atoms with Gasteiger partial charge in [0.2, 0.25) is 0 Å². The van der Waals surface area contributed by atoms with E-state index in [1.165, 1.54) is 12.1 Å². The van der Waals surface area contributed by atoms with Crippen molar-refractivity contribution in [3.8, 4) is 16.9 Å². The zero-order valence-electron chi connectivity index (χ0n) is 8.74. The highest BCUT2D eigenvalue weighted by atomic mass is 35.5. The van der Waals surface area contributed by atoms with Crippen LogP contribution in [0.3, 0.4) is 0 Å². The van der Waals surface area contributed by atoms with Crippen molar-refractivity contribution in [3.05, 3.63) is 53.6 Å². The molecule has 0 saturated carbocycles. The number of rotatable bonds is 3. The van der Waals surface area contributed by atoms with Crippen LogP contribution in [0.25, 0.3) is 11.1 Å². The Hall–Kier alpha value is -1.61. The van der Waals surface area contributed by atoms with Crippen molar-refractivity contribution in [2.24, 2.45) is 0 Å². The molecule has 1 nitrogen and oxygen atoms in total. The van der Waals surface area contributed by atoms with E-state index in [0.717, 1.165) is 11.1 Å². The third-order valence-electron chi connectivity index (χ3n) is 2.26. The average Bonchev–Trinajstić information content (AvgIpc) is 2.30. The minimum absolute atomic E-state index is 0.151. The molecule has 2 aromatic carbocycles. The van der Waals surface area contributed by atoms with Gasteiger partial charge in [-0.25, -0.2) is 0 Å². The SMILES string of the molecule is FC(F)Oc1ccc(-c2ccc(Cl)cc2)cc1. The summed E-state index contributed by atoms with van der Waals surface area (Å²) in [5, 5.41) is 0.659. The predicted octanol–water partition coefficient (Wildman–Crippen LogP) is 4.61. The molecule has 2 rings (SSSR count). The molecule has 0 radical (unpaired) electrons. The van der Waals surface area contributed by atoms with Crippen LogP contribution in [0.2, 0.25) is 5.02 Å². The average molecular weight is 255 g/mol. The molecule has 0 spiro atoms. The maximum atomic E-state index is 12.0. The summed E-state index contributed by atoms with van der Waals surface area (Å²) in [6, 6.07) is 13.8.